The molecule has 2 amide bonds. The number of nitrogens with zero attached hydrogens (tertiary/aromatic N) is 1. The minimum Gasteiger partial charge on any atom is -0.482 e. The molecule has 3 heterocycles. The molecule has 1 aliphatic carbocycles. The van der Waals surface area contributed by atoms with Crippen LogP contribution in [-0.4, -0.2) is 28.4 Å². The van der Waals surface area contributed by atoms with Crippen molar-refractivity contribution in [3.8, 4) is 5.75 Å². The fourth-order valence-electron chi connectivity index (χ4n) is 3.83. The van der Waals surface area contributed by atoms with E-state index >= 15 is 0 Å². The normalized spacial score (nSPS) is 15.2. The van der Waals surface area contributed by atoms with Crippen molar-refractivity contribution >= 4 is 45.0 Å². The highest BCUT2D eigenvalue weighted by Gasteiger charge is 2.21. The number of hydrogen-bond acceptors (Lipinski definition) is 6. The van der Waals surface area contributed by atoms with E-state index in [1.807, 2.05) is 0 Å². The van der Waals surface area contributed by atoms with E-state index in [2.05, 4.69) is 20.6 Å². The number of H-pyrrole nitrogens is 1. The summed E-state index contributed by atoms with van der Waals surface area (Å²) in [6.07, 6.45) is 4.18. The van der Waals surface area contributed by atoms with Crippen molar-refractivity contribution in [3.05, 3.63) is 44.6 Å². The molecular weight excluding hydrogens is 392 g/mol. The van der Waals surface area contributed by atoms with E-state index in [0.29, 0.717) is 27.2 Å². The zero-order chi connectivity index (χ0) is 20.0. The van der Waals surface area contributed by atoms with Gasteiger partial charge in [0.2, 0.25) is 11.9 Å². The third-order valence-electron chi connectivity index (χ3n) is 5.12. The third kappa shape index (κ3) is 3.38. The summed E-state index contributed by atoms with van der Waals surface area (Å²) >= 11 is 1.54. The minimum absolute atomic E-state index is 0.0134. The first-order valence-corrected chi connectivity index (χ1v) is 10.3. The molecule has 0 spiro atoms. The summed E-state index contributed by atoms with van der Waals surface area (Å²) in [5.74, 6) is 0.192. The molecule has 29 heavy (non-hydrogen) atoms. The van der Waals surface area contributed by atoms with Crippen molar-refractivity contribution in [2.24, 2.45) is 0 Å². The number of rotatable bonds is 3. The summed E-state index contributed by atoms with van der Waals surface area (Å²) in [7, 11) is 0. The molecule has 9 heteroatoms. The average Bonchev–Trinajstić information content (AvgIpc) is 3.06. The van der Waals surface area contributed by atoms with Crippen LogP contribution in [0.5, 0.6) is 5.75 Å². The van der Waals surface area contributed by atoms with Crippen molar-refractivity contribution in [1.82, 2.24) is 9.97 Å². The first-order chi connectivity index (χ1) is 14.1. The number of carbonyl (C=O) groups excluding carboxylic acids is 2. The molecule has 5 rings (SSSR count). The Hall–Kier alpha value is -3.20. The van der Waals surface area contributed by atoms with Gasteiger partial charge in [0.15, 0.2) is 6.61 Å². The molecule has 148 valence electrons. The van der Waals surface area contributed by atoms with Gasteiger partial charge in [0, 0.05) is 4.88 Å². The van der Waals surface area contributed by atoms with Crippen LogP contribution in [0.25, 0.3) is 10.2 Å². The van der Waals surface area contributed by atoms with E-state index in [0.717, 1.165) is 31.2 Å². The first kappa shape index (κ1) is 17.9. The molecule has 2 aromatic heterocycles. The second-order valence-corrected chi connectivity index (χ2v) is 8.28. The summed E-state index contributed by atoms with van der Waals surface area (Å²) in [5, 5.41) is 6.06. The summed E-state index contributed by atoms with van der Waals surface area (Å²) in [5.41, 5.74) is 2.16. The number of hydrogen-bond donors (Lipinski definition) is 3. The molecule has 0 saturated carbocycles. The lowest BCUT2D eigenvalue weighted by Crippen LogP contribution is -2.25. The number of thiophene rings is 1. The van der Waals surface area contributed by atoms with Gasteiger partial charge in [-0.15, -0.1) is 11.3 Å². The van der Waals surface area contributed by atoms with Gasteiger partial charge in [-0.2, -0.15) is 0 Å². The number of benzene rings is 1. The molecule has 0 fully saturated rings. The Morgan fingerprint density at radius 3 is 3.00 bits per heavy atom. The van der Waals surface area contributed by atoms with Crippen LogP contribution in [0.2, 0.25) is 0 Å². The van der Waals surface area contributed by atoms with Crippen molar-refractivity contribution in [2.45, 2.75) is 32.1 Å². The van der Waals surface area contributed by atoms with E-state index in [-0.39, 0.29) is 36.3 Å². The van der Waals surface area contributed by atoms with E-state index in [1.54, 1.807) is 18.2 Å². The molecule has 0 atom stereocenters. The van der Waals surface area contributed by atoms with Crippen molar-refractivity contribution < 1.29 is 14.3 Å². The summed E-state index contributed by atoms with van der Waals surface area (Å²) < 4.78 is 5.32. The predicted octanol–water partition coefficient (Wildman–Crippen LogP) is 2.38. The van der Waals surface area contributed by atoms with Crippen LogP contribution in [0.15, 0.2) is 23.0 Å². The largest absolute Gasteiger partial charge is 0.482 e. The topological polar surface area (TPSA) is 113 Å². The average molecular weight is 410 g/mol. The van der Waals surface area contributed by atoms with Gasteiger partial charge in [-0.05, 0) is 48.9 Å². The SMILES string of the molecule is O=C(Cc1ccc2c(c1)NC(=O)CO2)Nc1nc2sc3c(c2c(=O)[nH]1)CCCC3. The van der Waals surface area contributed by atoms with Gasteiger partial charge in [-0.25, -0.2) is 4.98 Å². The predicted molar refractivity (Wildman–Crippen MR) is 110 cm³/mol. The number of amides is 2. The lowest BCUT2D eigenvalue weighted by molar-refractivity contribution is -0.118. The van der Waals surface area contributed by atoms with Crippen LogP contribution in [0, 0.1) is 0 Å². The molecule has 0 bridgehead atoms. The van der Waals surface area contributed by atoms with Gasteiger partial charge < -0.3 is 10.1 Å². The Bertz CT molecular complexity index is 1210. The van der Waals surface area contributed by atoms with Crippen LogP contribution in [-0.2, 0) is 28.9 Å². The number of ether oxygens (including phenoxy) is 1. The standard InChI is InChI=1S/C20H18N4O4S/c25-15(8-10-5-6-13-12(7-10)21-16(26)9-28-13)22-20-23-18(27)17-11-3-1-2-4-14(11)29-19(17)24-20/h5-7H,1-4,8-9H2,(H,21,26)(H2,22,23,24,25,27). The minimum atomic E-state index is -0.308. The maximum Gasteiger partial charge on any atom is 0.262 e. The van der Waals surface area contributed by atoms with Crippen LogP contribution in [0.1, 0.15) is 28.8 Å². The van der Waals surface area contributed by atoms with Crippen LogP contribution in [0.3, 0.4) is 0 Å². The fourth-order valence-corrected chi connectivity index (χ4v) is 5.09. The lowest BCUT2D eigenvalue weighted by Gasteiger charge is -2.18. The third-order valence-corrected chi connectivity index (χ3v) is 6.31. The van der Waals surface area contributed by atoms with E-state index < -0.39 is 0 Å². The van der Waals surface area contributed by atoms with Crippen LogP contribution >= 0.6 is 11.3 Å². The summed E-state index contributed by atoms with van der Waals surface area (Å²) in [4.78, 5) is 45.5. The second kappa shape index (κ2) is 7.00. The van der Waals surface area contributed by atoms with Crippen LogP contribution in [0.4, 0.5) is 11.6 Å². The molecule has 0 unspecified atom stereocenters. The highest BCUT2D eigenvalue weighted by molar-refractivity contribution is 7.18. The Morgan fingerprint density at radius 1 is 1.24 bits per heavy atom. The van der Waals surface area contributed by atoms with E-state index in [4.69, 9.17) is 4.74 Å². The van der Waals surface area contributed by atoms with Crippen molar-refractivity contribution in [3.63, 3.8) is 0 Å². The highest BCUT2D eigenvalue weighted by Crippen LogP contribution is 2.34. The lowest BCUT2D eigenvalue weighted by atomic mass is 9.97. The molecule has 3 N–H and O–H groups in total. The molecule has 2 aliphatic rings. The number of aryl methyl sites for hydroxylation is 2. The zero-order valence-electron chi connectivity index (χ0n) is 15.5. The Balaban J connectivity index is 1.36. The number of carbonyl (C=O) groups is 2. The van der Waals surface area contributed by atoms with Crippen molar-refractivity contribution in [2.75, 3.05) is 17.2 Å². The molecule has 8 nitrogen and oxygen atoms in total. The second-order valence-electron chi connectivity index (χ2n) is 7.20. The molecule has 0 saturated heterocycles. The van der Waals surface area contributed by atoms with E-state index in [9.17, 15) is 14.4 Å². The van der Waals surface area contributed by atoms with Gasteiger partial charge in [0.05, 0.1) is 17.5 Å². The number of nitrogens with one attached hydrogen (secondary N) is 3. The fraction of sp³-hybridized carbons (Fsp3) is 0.300. The number of aromatic nitrogens is 2. The smallest absolute Gasteiger partial charge is 0.262 e. The maximum atomic E-state index is 12.6. The van der Waals surface area contributed by atoms with Gasteiger partial charge in [0.1, 0.15) is 10.6 Å². The Morgan fingerprint density at radius 2 is 2.10 bits per heavy atom. The van der Waals surface area contributed by atoms with Crippen molar-refractivity contribution in [1.29, 1.82) is 0 Å². The number of aromatic amines is 1. The molecule has 1 aromatic carbocycles. The molecule has 0 radical (unpaired) electrons. The maximum absolute atomic E-state index is 12.6. The number of fused-ring (bicyclic) bond motifs is 4. The first-order valence-electron chi connectivity index (χ1n) is 9.47. The molecule has 1 aliphatic heterocycles. The summed E-state index contributed by atoms with van der Waals surface area (Å²) in [6, 6.07) is 5.20. The Kier molecular flexibility index (Phi) is 4.31. The summed E-state index contributed by atoms with van der Waals surface area (Å²) in [6.45, 7) is -0.0134. The van der Waals surface area contributed by atoms with Gasteiger partial charge in [-0.1, -0.05) is 6.07 Å². The quantitative estimate of drug-likeness (QED) is 0.614. The number of anilines is 2. The van der Waals surface area contributed by atoms with Gasteiger partial charge >= 0.3 is 0 Å². The van der Waals surface area contributed by atoms with Crippen LogP contribution < -0.4 is 20.9 Å². The van der Waals surface area contributed by atoms with E-state index in [1.165, 1.54) is 16.2 Å². The highest BCUT2D eigenvalue weighted by atomic mass is 32.1. The Labute approximate surface area is 169 Å². The molecule has 3 aromatic rings. The molecular formula is C20H18N4O4S. The van der Waals surface area contributed by atoms with Gasteiger partial charge in [0.25, 0.3) is 11.5 Å². The monoisotopic (exact) mass is 410 g/mol. The zero-order valence-corrected chi connectivity index (χ0v) is 16.3. The van der Waals surface area contributed by atoms with Gasteiger partial charge in [-0.3, -0.25) is 24.7 Å².